The monoisotopic (exact) mass is 324 g/mol. The van der Waals surface area contributed by atoms with Crippen LogP contribution in [0, 0.1) is 0 Å². The zero-order valence-electron chi connectivity index (χ0n) is 10.1. The van der Waals surface area contributed by atoms with Crippen LogP contribution in [-0.4, -0.2) is 5.75 Å². The summed E-state index contributed by atoms with van der Waals surface area (Å²) in [5, 5.41) is 0.459. The lowest BCUT2D eigenvalue weighted by Gasteiger charge is -2.16. The molecule has 0 amide bonds. The fourth-order valence-electron chi connectivity index (χ4n) is 1.86. The minimum atomic E-state index is -1.85. The standard InChI is InChI=1S/C14H13OPS3/c17-16(15-13-9-5-2-6-10-13)18-11-14(19-16)12-7-3-1-4-8-12/h1-10,14H,11H2/t14-,16+/m0/s1. The highest BCUT2D eigenvalue weighted by atomic mass is 33.2. The van der Waals surface area contributed by atoms with Crippen molar-refractivity contribution in [3.63, 3.8) is 0 Å². The molecule has 98 valence electrons. The molecule has 1 nitrogen and oxygen atoms in total. The maximum Gasteiger partial charge on any atom is 0.223 e. The Morgan fingerprint density at radius 1 is 1.00 bits per heavy atom. The molecule has 1 heterocycles. The summed E-state index contributed by atoms with van der Waals surface area (Å²) in [6.45, 7) is 0. The summed E-state index contributed by atoms with van der Waals surface area (Å²) >= 11 is 9.38. The molecular formula is C14H13OPS3. The van der Waals surface area contributed by atoms with Crippen LogP contribution in [0.15, 0.2) is 60.7 Å². The van der Waals surface area contributed by atoms with Gasteiger partial charge in [-0.2, -0.15) is 0 Å². The van der Waals surface area contributed by atoms with Crippen LogP contribution in [0.2, 0.25) is 0 Å². The van der Waals surface area contributed by atoms with Gasteiger partial charge in [0.15, 0.2) is 0 Å². The average molecular weight is 324 g/mol. The van der Waals surface area contributed by atoms with Gasteiger partial charge in [0.05, 0.1) is 0 Å². The first-order chi connectivity index (χ1) is 9.25. The Balaban J connectivity index is 1.73. The molecular weight excluding hydrogens is 311 g/mol. The van der Waals surface area contributed by atoms with E-state index >= 15 is 0 Å². The third-order valence-corrected chi connectivity index (χ3v) is 12.2. The third kappa shape index (κ3) is 3.38. The quantitative estimate of drug-likeness (QED) is 0.688. The minimum Gasteiger partial charge on any atom is -0.448 e. The molecule has 2 aromatic carbocycles. The van der Waals surface area contributed by atoms with E-state index in [1.807, 2.05) is 59.2 Å². The minimum absolute atomic E-state index is 0.459. The molecule has 0 unspecified atom stereocenters. The maximum absolute atomic E-state index is 6.07. The van der Waals surface area contributed by atoms with Gasteiger partial charge in [0, 0.05) is 11.0 Å². The molecule has 0 bridgehead atoms. The van der Waals surface area contributed by atoms with Crippen molar-refractivity contribution in [3.8, 4) is 5.75 Å². The van der Waals surface area contributed by atoms with E-state index in [1.165, 1.54) is 5.56 Å². The highest BCUT2D eigenvalue weighted by Gasteiger charge is 2.35. The number of para-hydroxylation sites is 1. The molecule has 1 saturated heterocycles. The lowest BCUT2D eigenvalue weighted by atomic mass is 10.2. The smallest absolute Gasteiger partial charge is 0.223 e. The molecule has 19 heavy (non-hydrogen) atoms. The van der Waals surface area contributed by atoms with E-state index in [2.05, 4.69) is 24.3 Å². The van der Waals surface area contributed by atoms with Crippen LogP contribution in [0.4, 0.5) is 0 Å². The van der Waals surface area contributed by atoms with Crippen LogP contribution in [0.3, 0.4) is 0 Å². The van der Waals surface area contributed by atoms with Crippen LogP contribution in [0.5, 0.6) is 5.75 Å². The van der Waals surface area contributed by atoms with Crippen molar-refractivity contribution in [2.24, 2.45) is 0 Å². The largest absolute Gasteiger partial charge is 0.448 e. The van der Waals surface area contributed by atoms with Crippen molar-refractivity contribution in [1.29, 1.82) is 0 Å². The van der Waals surface area contributed by atoms with Gasteiger partial charge < -0.3 is 4.52 Å². The van der Waals surface area contributed by atoms with Crippen LogP contribution in [0.1, 0.15) is 10.8 Å². The Hall–Kier alpha value is -0.410. The zero-order chi connectivity index (χ0) is 13.1. The molecule has 2 aromatic rings. The number of rotatable bonds is 3. The fraction of sp³-hybridized carbons (Fsp3) is 0.143. The van der Waals surface area contributed by atoms with Crippen molar-refractivity contribution >= 4 is 39.2 Å². The van der Waals surface area contributed by atoms with Gasteiger partial charge in [-0.3, -0.25) is 0 Å². The topological polar surface area (TPSA) is 9.23 Å². The SMILES string of the molecule is S=[P@]1(Oc2ccccc2)SC[C@@H](c2ccccc2)S1. The van der Waals surface area contributed by atoms with Crippen molar-refractivity contribution in [1.82, 2.24) is 0 Å². The molecule has 0 aliphatic carbocycles. The number of benzene rings is 2. The molecule has 2 atom stereocenters. The molecule has 3 rings (SSSR count). The summed E-state index contributed by atoms with van der Waals surface area (Å²) in [5.74, 6) is 1.93. The van der Waals surface area contributed by atoms with E-state index in [-0.39, 0.29) is 0 Å². The van der Waals surface area contributed by atoms with Crippen molar-refractivity contribution in [2.75, 3.05) is 5.75 Å². The molecule has 0 aromatic heterocycles. The van der Waals surface area contributed by atoms with Gasteiger partial charge in [-0.05, 0) is 29.5 Å². The predicted molar refractivity (Wildman–Crippen MR) is 90.6 cm³/mol. The van der Waals surface area contributed by atoms with Gasteiger partial charge in [-0.25, -0.2) is 0 Å². The second-order valence-corrected chi connectivity index (χ2v) is 14.7. The summed E-state index contributed by atoms with van der Waals surface area (Å²) in [4.78, 5) is 0. The molecule has 0 radical (unpaired) electrons. The zero-order valence-corrected chi connectivity index (χ0v) is 13.5. The van der Waals surface area contributed by atoms with E-state index in [1.54, 1.807) is 0 Å². The van der Waals surface area contributed by atoms with Crippen LogP contribution in [-0.2, 0) is 11.8 Å². The summed E-state index contributed by atoms with van der Waals surface area (Å²) in [6, 6.07) is 20.5. The Kier molecular flexibility index (Phi) is 4.23. The highest BCUT2D eigenvalue weighted by molar-refractivity contribution is 9.00. The first kappa shape index (κ1) is 13.6. The second-order valence-electron chi connectivity index (χ2n) is 4.15. The average Bonchev–Trinajstić information content (AvgIpc) is 2.83. The number of hydrogen-bond donors (Lipinski definition) is 0. The van der Waals surface area contributed by atoms with Gasteiger partial charge in [0.2, 0.25) is 4.67 Å². The Labute approximate surface area is 126 Å². The number of hydrogen-bond acceptors (Lipinski definition) is 4. The first-order valence-electron chi connectivity index (χ1n) is 5.98. The Morgan fingerprint density at radius 3 is 2.32 bits per heavy atom. The molecule has 1 fully saturated rings. The third-order valence-electron chi connectivity index (χ3n) is 2.77. The highest BCUT2D eigenvalue weighted by Crippen LogP contribution is 2.79. The first-order valence-corrected chi connectivity index (χ1v) is 11.8. The summed E-state index contributed by atoms with van der Waals surface area (Å²) in [5.41, 5.74) is 1.35. The fourth-order valence-corrected chi connectivity index (χ4v) is 11.8. The van der Waals surface area contributed by atoms with E-state index in [0.29, 0.717) is 5.25 Å². The van der Waals surface area contributed by atoms with Crippen molar-refractivity contribution in [2.45, 2.75) is 5.25 Å². The molecule has 1 aliphatic heterocycles. The molecule has 0 saturated carbocycles. The second kappa shape index (κ2) is 5.92. The predicted octanol–water partition coefficient (Wildman–Crippen LogP) is 5.51. The van der Waals surface area contributed by atoms with E-state index < -0.39 is 4.67 Å². The van der Waals surface area contributed by atoms with Gasteiger partial charge in [-0.1, -0.05) is 71.3 Å². The molecule has 5 heteroatoms. The lowest BCUT2D eigenvalue weighted by molar-refractivity contribution is 0.638. The van der Waals surface area contributed by atoms with Gasteiger partial charge in [0.25, 0.3) is 0 Å². The Bertz CT molecular complexity index is 588. The maximum atomic E-state index is 6.07. The van der Waals surface area contributed by atoms with E-state index in [9.17, 15) is 0 Å². The van der Waals surface area contributed by atoms with Gasteiger partial charge in [0.1, 0.15) is 5.75 Å². The van der Waals surface area contributed by atoms with Gasteiger partial charge in [-0.15, -0.1) is 0 Å². The molecule has 0 N–H and O–H groups in total. The van der Waals surface area contributed by atoms with Crippen molar-refractivity contribution < 1.29 is 4.52 Å². The van der Waals surface area contributed by atoms with Crippen LogP contribution < -0.4 is 4.52 Å². The van der Waals surface area contributed by atoms with E-state index in [4.69, 9.17) is 16.3 Å². The summed E-state index contributed by atoms with van der Waals surface area (Å²) < 4.78 is 4.22. The van der Waals surface area contributed by atoms with Crippen LogP contribution >= 0.6 is 27.4 Å². The van der Waals surface area contributed by atoms with Crippen molar-refractivity contribution in [3.05, 3.63) is 66.2 Å². The van der Waals surface area contributed by atoms with E-state index in [0.717, 1.165) is 11.5 Å². The van der Waals surface area contributed by atoms with Gasteiger partial charge >= 0.3 is 0 Å². The summed E-state index contributed by atoms with van der Waals surface area (Å²) in [6.07, 6.45) is 0. The Morgan fingerprint density at radius 2 is 1.63 bits per heavy atom. The lowest BCUT2D eigenvalue weighted by Crippen LogP contribution is -1.90. The summed E-state index contributed by atoms with van der Waals surface area (Å²) in [7, 11) is 0. The normalized spacial score (nSPS) is 26.2. The molecule has 1 aliphatic rings. The van der Waals surface area contributed by atoms with Crippen LogP contribution in [0.25, 0.3) is 0 Å². The molecule has 0 spiro atoms.